The van der Waals surface area contributed by atoms with Crippen LogP contribution in [0.2, 0.25) is 0 Å². The number of imidazole rings is 1. The van der Waals surface area contributed by atoms with Gasteiger partial charge in [0, 0.05) is 37.4 Å². The van der Waals surface area contributed by atoms with Gasteiger partial charge in [-0.15, -0.1) is 5.10 Å². The van der Waals surface area contributed by atoms with E-state index < -0.39 is 11.9 Å². The summed E-state index contributed by atoms with van der Waals surface area (Å²) in [4.78, 5) is 11.4. The van der Waals surface area contributed by atoms with E-state index in [9.17, 15) is 18.3 Å². The highest BCUT2D eigenvalue weighted by Gasteiger charge is 2.42. The molecule has 0 aliphatic carbocycles. The van der Waals surface area contributed by atoms with Crippen LogP contribution in [0.15, 0.2) is 48.8 Å². The van der Waals surface area contributed by atoms with Crippen molar-refractivity contribution in [1.82, 2.24) is 39.4 Å². The number of aliphatic hydroxyl groups is 1. The number of pyridine rings is 1. The lowest BCUT2D eigenvalue weighted by Gasteiger charge is -2.39. The number of alkyl halides is 3. The molecule has 0 radical (unpaired) electrons. The molecule has 7 rings (SSSR count). The molecule has 0 atom stereocenters. The van der Waals surface area contributed by atoms with Gasteiger partial charge in [0.05, 0.1) is 41.7 Å². The van der Waals surface area contributed by atoms with E-state index in [1.165, 1.54) is 4.68 Å². The van der Waals surface area contributed by atoms with Crippen LogP contribution in [0.25, 0.3) is 22.7 Å². The zero-order valence-corrected chi connectivity index (χ0v) is 23.2. The summed E-state index contributed by atoms with van der Waals surface area (Å²) in [7, 11) is 0. The molecule has 2 aliphatic rings. The molecule has 4 aromatic heterocycles. The topological polar surface area (TPSA) is 119 Å². The Morgan fingerprint density at radius 3 is 2.67 bits per heavy atom. The van der Waals surface area contributed by atoms with E-state index in [-0.39, 0.29) is 37.0 Å². The van der Waals surface area contributed by atoms with Crippen LogP contribution in [0, 0.1) is 6.92 Å². The molecule has 0 spiro atoms. The summed E-state index contributed by atoms with van der Waals surface area (Å²) >= 11 is 0. The quantitative estimate of drug-likeness (QED) is 0.292. The van der Waals surface area contributed by atoms with Crippen LogP contribution in [0.3, 0.4) is 0 Å². The number of hydrogen-bond donors (Lipinski definition) is 2. The van der Waals surface area contributed by atoms with Crippen molar-refractivity contribution in [3.63, 3.8) is 0 Å². The van der Waals surface area contributed by atoms with Gasteiger partial charge in [-0.1, -0.05) is 6.07 Å². The molecule has 2 N–H and O–H groups in total. The third-order valence-electron chi connectivity index (χ3n) is 7.88. The second kappa shape index (κ2) is 10.7. The summed E-state index contributed by atoms with van der Waals surface area (Å²) in [6.45, 7) is 3.45. The van der Waals surface area contributed by atoms with Gasteiger partial charge in [0.1, 0.15) is 12.1 Å². The minimum absolute atomic E-state index is 0.110. The van der Waals surface area contributed by atoms with E-state index >= 15 is 0 Å². The minimum Gasteiger partial charge on any atom is -0.396 e. The Morgan fingerprint density at radius 1 is 1.09 bits per heavy atom. The van der Waals surface area contributed by atoms with Crippen molar-refractivity contribution in [3.05, 3.63) is 77.0 Å². The van der Waals surface area contributed by atoms with Gasteiger partial charge in [0.2, 0.25) is 0 Å². The third kappa shape index (κ3) is 5.11. The average Bonchev–Trinajstić information content (AvgIpc) is 3.55. The summed E-state index contributed by atoms with van der Waals surface area (Å²) in [6.07, 6.45) is -2.41. The van der Waals surface area contributed by atoms with Crippen LogP contribution in [0.5, 0.6) is 0 Å². The summed E-state index contributed by atoms with van der Waals surface area (Å²) in [5.74, 6) is 1.32. The van der Waals surface area contributed by atoms with Crippen molar-refractivity contribution in [3.8, 4) is 11.6 Å². The van der Waals surface area contributed by atoms with Crippen molar-refractivity contribution in [2.75, 3.05) is 31.7 Å². The Labute approximate surface area is 244 Å². The maximum atomic E-state index is 14.2. The van der Waals surface area contributed by atoms with Crippen LogP contribution in [-0.2, 0) is 30.3 Å². The van der Waals surface area contributed by atoms with Gasteiger partial charge in [-0.05, 0) is 55.3 Å². The van der Waals surface area contributed by atoms with Crippen LogP contribution >= 0.6 is 0 Å². The highest BCUT2D eigenvalue weighted by molar-refractivity contribution is 5.82. The predicted octanol–water partition coefficient (Wildman–Crippen LogP) is 3.76. The number of nitrogens with zero attached hydrogens (tertiary/aromatic N) is 8. The van der Waals surface area contributed by atoms with E-state index in [1.54, 1.807) is 23.0 Å². The molecular formula is C29H28F3N9O2. The lowest BCUT2D eigenvalue weighted by molar-refractivity contribution is -0.142. The number of anilines is 2. The number of aromatic nitrogens is 7. The van der Waals surface area contributed by atoms with Crippen molar-refractivity contribution >= 4 is 22.5 Å². The maximum absolute atomic E-state index is 14.2. The lowest BCUT2D eigenvalue weighted by Crippen LogP contribution is -2.50. The lowest BCUT2D eigenvalue weighted by atomic mass is 10.0. The van der Waals surface area contributed by atoms with E-state index in [4.69, 9.17) is 9.72 Å². The molecular weight excluding hydrogens is 563 g/mol. The van der Waals surface area contributed by atoms with Gasteiger partial charge in [-0.2, -0.15) is 23.4 Å². The van der Waals surface area contributed by atoms with Crippen LogP contribution in [0.1, 0.15) is 28.2 Å². The zero-order valence-electron chi connectivity index (χ0n) is 23.2. The summed E-state index contributed by atoms with van der Waals surface area (Å²) < 4.78 is 51.1. The van der Waals surface area contributed by atoms with Crippen molar-refractivity contribution in [2.45, 2.75) is 38.5 Å². The molecule has 0 unspecified atom stereocenters. The fraction of sp³-hybridized carbons (Fsp3) is 0.345. The number of aryl methyl sites for hydroxylation is 1. The second-order valence-corrected chi connectivity index (χ2v) is 10.7. The molecule has 14 heteroatoms. The van der Waals surface area contributed by atoms with Crippen LogP contribution < -0.4 is 5.32 Å². The Hall–Kier alpha value is -4.40. The van der Waals surface area contributed by atoms with Crippen LogP contribution in [-0.4, -0.2) is 76.9 Å². The van der Waals surface area contributed by atoms with E-state index in [2.05, 4.69) is 25.6 Å². The summed E-state index contributed by atoms with van der Waals surface area (Å²) in [6, 6.07) is 13.0. The molecule has 11 nitrogen and oxygen atoms in total. The van der Waals surface area contributed by atoms with Crippen molar-refractivity contribution in [2.24, 2.45) is 0 Å². The van der Waals surface area contributed by atoms with Crippen molar-refractivity contribution in [1.29, 1.82) is 0 Å². The largest absolute Gasteiger partial charge is 0.435 e. The molecule has 1 fully saturated rings. The van der Waals surface area contributed by atoms with Crippen LogP contribution in [0.4, 0.5) is 24.7 Å². The van der Waals surface area contributed by atoms with Gasteiger partial charge in [0.15, 0.2) is 17.3 Å². The molecule has 0 bridgehead atoms. The Bertz CT molecular complexity index is 1800. The highest BCUT2D eigenvalue weighted by atomic mass is 19.4. The normalized spacial score (nSPS) is 15.9. The standard InChI is InChI=1S/C29H28F3N9O2/c1-17-2-6-25(37-36-17)34-19-4-5-24-22(12-19)33-16-40(24)26-7-3-18(9-11-42)28(35-26)41-23-8-10-39(20-14-43-15-20)13-21(23)27(38-41)29(30,31)32/h2-7,12,16,20,42H,8-11,13-15H2,1H3,(H,34,37). The fourth-order valence-corrected chi connectivity index (χ4v) is 5.58. The van der Waals surface area contributed by atoms with E-state index in [0.29, 0.717) is 54.6 Å². The first-order valence-corrected chi connectivity index (χ1v) is 13.9. The number of benzene rings is 1. The second-order valence-electron chi connectivity index (χ2n) is 10.7. The molecule has 1 saturated heterocycles. The Kier molecular flexibility index (Phi) is 6.83. The van der Waals surface area contributed by atoms with Gasteiger partial charge >= 0.3 is 6.18 Å². The van der Waals surface area contributed by atoms with E-state index in [1.807, 2.05) is 42.2 Å². The molecule has 1 aromatic carbocycles. The number of fused-ring (bicyclic) bond motifs is 2. The monoisotopic (exact) mass is 591 g/mol. The number of nitrogens with one attached hydrogen (secondary N) is 1. The van der Waals surface area contributed by atoms with Crippen molar-refractivity contribution < 1.29 is 23.0 Å². The summed E-state index contributed by atoms with van der Waals surface area (Å²) in [5, 5.41) is 25.3. The molecule has 5 aromatic rings. The SMILES string of the molecule is Cc1ccc(Nc2ccc3c(c2)ncn3-c2ccc(CCO)c(-n3nc(C(F)(F)F)c4c3CCN(C3COC3)C4)n2)nn1. The fourth-order valence-electron chi connectivity index (χ4n) is 5.58. The molecule has 222 valence electrons. The number of ether oxygens (including phenoxy) is 1. The first kappa shape index (κ1) is 27.4. The Morgan fingerprint density at radius 2 is 1.95 bits per heavy atom. The van der Waals surface area contributed by atoms with Gasteiger partial charge in [0.25, 0.3) is 0 Å². The average molecular weight is 592 g/mol. The first-order valence-electron chi connectivity index (χ1n) is 13.9. The number of halogens is 3. The van der Waals surface area contributed by atoms with Gasteiger partial charge in [-0.3, -0.25) is 9.47 Å². The molecule has 43 heavy (non-hydrogen) atoms. The Balaban J connectivity index is 1.27. The van der Waals surface area contributed by atoms with Gasteiger partial charge < -0.3 is 15.2 Å². The number of hydrogen-bond acceptors (Lipinski definition) is 9. The van der Waals surface area contributed by atoms with Gasteiger partial charge in [-0.25, -0.2) is 14.6 Å². The smallest absolute Gasteiger partial charge is 0.396 e. The maximum Gasteiger partial charge on any atom is 0.435 e. The highest BCUT2D eigenvalue weighted by Crippen LogP contribution is 2.37. The molecule has 6 heterocycles. The first-order chi connectivity index (χ1) is 20.8. The minimum atomic E-state index is -4.63. The predicted molar refractivity (Wildman–Crippen MR) is 151 cm³/mol. The molecule has 0 saturated carbocycles. The number of rotatable bonds is 7. The zero-order chi connectivity index (χ0) is 29.7. The third-order valence-corrected chi connectivity index (χ3v) is 7.88. The molecule has 0 amide bonds. The summed E-state index contributed by atoms with van der Waals surface area (Å²) in [5.41, 5.74) is 3.36. The molecule has 2 aliphatic heterocycles. The van der Waals surface area contributed by atoms with E-state index in [0.717, 1.165) is 16.9 Å². The number of aliphatic hydroxyl groups excluding tert-OH is 1.